The summed E-state index contributed by atoms with van der Waals surface area (Å²) in [7, 11) is 0. The van der Waals surface area contributed by atoms with E-state index in [0.29, 0.717) is 12.5 Å². The third-order valence-electron chi connectivity index (χ3n) is 4.40. The molecule has 2 rings (SSSR count). The van der Waals surface area contributed by atoms with Crippen molar-refractivity contribution in [2.45, 2.75) is 47.0 Å². The molecule has 124 valence electrons. The van der Waals surface area contributed by atoms with Crippen molar-refractivity contribution in [3.8, 4) is 5.75 Å². The smallest absolute Gasteiger partial charge is 0.122 e. The zero-order chi connectivity index (χ0) is 16.8. The Morgan fingerprint density at radius 3 is 2.35 bits per heavy atom. The van der Waals surface area contributed by atoms with Gasteiger partial charge in [-0.25, -0.2) is 0 Å². The molecule has 0 spiro atoms. The number of rotatable bonds is 7. The summed E-state index contributed by atoms with van der Waals surface area (Å²) in [5, 5.41) is 3.52. The average molecular weight is 311 g/mol. The summed E-state index contributed by atoms with van der Waals surface area (Å²) in [4.78, 5) is 0. The highest BCUT2D eigenvalue weighted by atomic mass is 16.5. The average Bonchev–Trinajstić information content (AvgIpc) is 2.53. The van der Waals surface area contributed by atoms with E-state index in [-0.39, 0.29) is 0 Å². The second kappa shape index (κ2) is 8.05. The van der Waals surface area contributed by atoms with Gasteiger partial charge in [-0.15, -0.1) is 0 Å². The van der Waals surface area contributed by atoms with Crippen LogP contribution >= 0.6 is 0 Å². The first kappa shape index (κ1) is 17.4. The number of aryl methyl sites for hydroxylation is 3. The van der Waals surface area contributed by atoms with Crippen molar-refractivity contribution in [2.75, 3.05) is 18.5 Å². The number of benzene rings is 2. The Morgan fingerprint density at radius 1 is 1.04 bits per heavy atom. The largest absolute Gasteiger partial charge is 0.491 e. The SMILES string of the molecule is CCC(C)c1ccccc1OCCNc1c(C)cc(C)cc1C. The van der Waals surface area contributed by atoms with E-state index in [9.17, 15) is 0 Å². The van der Waals surface area contributed by atoms with E-state index in [1.165, 1.54) is 27.9 Å². The first-order chi connectivity index (χ1) is 11.0. The van der Waals surface area contributed by atoms with E-state index in [0.717, 1.165) is 18.7 Å². The minimum absolute atomic E-state index is 0.528. The van der Waals surface area contributed by atoms with Gasteiger partial charge in [-0.1, -0.05) is 49.7 Å². The van der Waals surface area contributed by atoms with E-state index in [4.69, 9.17) is 4.74 Å². The Labute approximate surface area is 140 Å². The van der Waals surface area contributed by atoms with Crippen LogP contribution in [0.5, 0.6) is 5.75 Å². The molecule has 1 atom stereocenters. The van der Waals surface area contributed by atoms with Crippen molar-refractivity contribution in [3.63, 3.8) is 0 Å². The fourth-order valence-electron chi connectivity index (χ4n) is 3.03. The molecule has 0 amide bonds. The molecule has 0 aromatic heterocycles. The van der Waals surface area contributed by atoms with Crippen LogP contribution in [0.25, 0.3) is 0 Å². The van der Waals surface area contributed by atoms with E-state index < -0.39 is 0 Å². The molecule has 0 heterocycles. The third kappa shape index (κ3) is 4.51. The van der Waals surface area contributed by atoms with Gasteiger partial charge in [0.25, 0.3) is 0 Å². The van der Waals surface area contributed by atoms with Gasteiger partial charge in [-0.3, -0.25) is 0 Å². The van der Waals surface area contributed by atoms with Crippen molar-refractivity contribution in [1.82, 2.24) is 0 Å². The van der Waals surface area contributed by atoms with Gasteiger partial charge in [0, 0.05) is 12.2 Å². The Balaban J connectivity index is 1.94. The molecule has 2 aromatic carbocycles. The molecule has 2 nitrogen and oxygen atoms in total. The molecule has 23 heavy (non-hydrogen) atoms. The number of para-hydroxylation sites is 1. The lowest BCUT2D eigenvalue weighted by atomic mass is 9.98. The molecule has 0 aliphatic heterocycles. The molecule has 0 saturated heterocycles. The van der Waals surface area contributed by atoms with E-state index in [1.54, 1.807) is 0 Å². The number of hydrogen-bond donors (Lipinski definition) is 1. The van der Waals surface area contributed by atoms with Crippen LogP contribution in [0, 0.1) is 20.8 Å². The molecule has 2 heteroatoms. The number of nitrogens with one attached hydrogen (secondary N) is 1. The standard InChI is InChI=1S/C21H29NO/c1-6-16(3)19-9-7-8-10-20(19)23-12-11-22-21-17(4)13-15(2)14-18(21)5/h7-10,13-14,16,22H,6,11-12H2,1-5H3. The maximum atomic E-state index is 6.02. The summed E-state index contributed by atoms with van der Waals surface area (Å²) in [5.74, 6) is 1.54. The summed E-state index contributed by atoms with van der Waals surface area (Å²) < 4.78 is 6.02. The van der Waals surface area contributed by atoms with Crippen LogP contribution in [0.2, 0.25) is 0 Å². The zero-order valence-corrected chi connectivity index (χ0v) is 15.1. The predicted octanol–water partition coefficient (Wildman–Crippen LogP) is 5.62. The van der Waals surface area contributed by atoms with Crippen LogP contribution in [0.4, 0.5) is 5.69 Å². The molecule has 0 bridgehead atoms. The quantitative estimate of drug-likeness (QED) is 0.670. The highest BCUT2D eigenvalue weighted by Gasteiger charge is 2.09. The summed E-state index contributed by atoms with van der Waals surface area (Å²) in [6.45, 7) is 12.4. The van der Waals surface area contributed by atoms with Gasteiger partial charge >= 0.3 is 0 Å². The summed E-state index contributed by atoms with van der Waals surface area (Å²) in [6.07, 6.45) is 1.13. The molecule has 0 saturated carbocycles. The van der Waals surface area contributed by atoms with Crippen molar-refractivity contribution in [2.24, 2.45) is 0 Å². The van der Waals surface area contributed by atoms with Gasteiger partial charge in [0.1, 0.15) is 12.4 Å². The second-order valence-electron chi connectivity index (χ2n) is 6.40. The monoisotopic (exact) mass is 311 g/mol. The lowest BCUT2D eigenvalue weighted by molar-refractivity contribution is 0.327. The molecule has 1 unspecified atom stereocenters. The third-order valence-corrected chi connectivity index (χ3v) is 4.40. The number of anilines is 1. The van der Waals surface area contributed by atoms with E-state index in [1.807, 2.05) is 6.07 Å². The normalized spacial score (nSPS) is 12.0. The Bertz CT molecular complexity index is 625. The molecule has 2 aromatic rings. The molecule has 0 aliphatic rings. The summed E-state index contributed by atoms with van der Waals surface area (Å²) in [5.41, 5.74) is 6.43. The molecular weight excluding hydrogens is 282 g/mol. The summed E-state index contributed by atoms with van der Waals surface area (Å²) >= 11 is 0. The first-order valence-corrected chi connectivity index (χ1v) is 8.56. The fourth-order valence-corrected chi connectivity index (χ4v) is 3.03. The predicted molar refractivity (Wildman–Crippen MR) is 99.8 cm³/mol. The van der Waals surface area contributed by atoms with Crippen molar-refractivity contribution in [1.29, 1.82) is 0 Å². The van der Waals surface area contributed by atoms with Crippen LogP contribution in [0.15, 0.2) is 36.4 Å². The zero-order valence-electron chi connectivity index (χ0n) is 15.1. The fraction of sp³-hybridized carbons (Fsp3) is 0.429. The lowest BCUT2D eigenvalue weighted by Crippen LogP contribution is -2.14. The van der Waals surface area contributed by atoms with Crippen molar-refractivity contribution < 1.29 is 4.74 Å². The van der Waals surface area contributed by atoms with Crippen LogP contribution < -0.4 is 10.1 Å². The van der Waals surface area contributed by atoms with Crippen LogP contribution in [0.1, 0.15) is 48.4 Å². The van der Waals surface area contributed by atoms with Gasteiger partial charge in [0.05, 0.1) is 0 Å². The van der Waals surface area contributed by atoms with E-state index in [2.05, 4.69) is 70.3 Å². The van der Waals surface area contributed by atoms with Crippen LogP contribution in [-0.4, -0.2) is 13.2 Å². The highest BCUT2D eigenvalue weighted by molar-refractivity contribution is 5.58. The van der Waals surface area contributed by atoms with Gasteiger partial charge < -0.3 is 10.1 Å². The Kier molecular flexibility index (Phi) is 6.09. The second-order valence-corrected chi connectivity index (χ2v) is 6.40. The van der Waals surface area contributed by atoms with Gasteiger partial charge in [0.2, 0.25) is 0 Å². The summed E-state index contributed by atoms with van der Waals surface area (Å²) in [6, 6.07) is 12.8. The van der Waals surface area contributed by atoms with Crippen LogP contribution in [0.3, 0.4) is 0 Å². The minimum Gasteiger partial charge on any atom is -0.491 e. The van der Waals surface area contributed by atoms with Crippen molar-refractivity contribution >= 4 is 5.69 Å². The molecule has 0 radical (unpaired) electrons. The first-order valence-electron chi connectivity index (χ1n) is 8.56. The Morgan fingerprint density at radius 2 is 1.70 bits per heavy atom. The van der Waals surface area contributed by atoms with Gasteiger partial charge in [-0.05, 0) is 55.9 Å². The van der Waals surface area contributed by atoms with Gasteiger partial charge in [-0.2, -0.15) is 0 Å². The number of hydrogen-bond acceptors (Lipinski definition) is 2. The molecular formula is C21H29NO. The molecule has 0 aliphatic carbocycles. The molecule has 1 N–H and O–H groups in total. The van der Waals surface area contributed by atoms with Crippen LogP contribution in [-0.2, 0) is 0 Å². The van der Waals surface area contributed by atoms with Crippen molar-refractivity contribution in [3.05, 3.63) is 58.7 Å². The lowest BCUT2D eigenvalue weighted by Gasteiger charge is -2.17. The van der Waals surface area contributed by atoms with E-state index >= 15 is 0 Å². The highest BCUT2D eigenvalue weighted by Crippen LogP contribution is 2.28. The topological polar surface area (TPSA) is 21.3 Å². The maximum absolute atomic E-state index is 6.02. The number of ether oxygens (including phenoxy) is 1. The minimum atomic E-state index is 0.528. The maximum Gasteiger partial charge on any atom is 0.122 e. The van der Waals surface area contributed by atoms with Gasteiger partial charge in [0.15, 0.2) is 0 Å². The Hall–Kier alpha value is -1.96. The molecule has 0 fully saturated rings.